The number of fused-ring (bicyclic) bond motifs is 1. The van der Waals surface area contributed by atoms with E-state index in [1.165, 1.54) is 0 Å². The molecule has 2 N–H and O–H groups in total. The van der Waals surface area contributed by atoms with Gasteiger partial charge in [0, 0.05) is 24.8 Å². The zero-order valence-electron chi connectivity index (χ0n) is 5.46. The molecule has 0 radical (unpaired) electrons. The van der Waals surface area contributed by atoms with Gasteiger partial charge in [-0.25, -0.2) is 0 Å². The second-order valence-corrected chi connectivity index (χ2v) is 2.36. The summed E-state index contributed by atoms with van der Waals surface area (Å²) in [6, 6.07) is 1.62. The molecule has 3 nitrogen and oxygen atoms in total. The Morgan fingerprint density at radius 1 is 1.50 bits per heavy atom. The highest BCUT2D eigenvalue weighted by atomic mass is 16.3. The van der Waals surface area contributed by atoms with Gasteiger partial charge in [-0.3, -0.25) is 4.98 Å². The van der Waals surface area contributed by atoms with Gasteiger partial charge in [0.2, 0.25) is 0 Å². The maximum atomic E-state index is 9.25. The van der Waals surface area contributed by atoms with Crippen molar-refractivity contribution in [2.75, 3.05) is 0 Å². The van der Waals surface area contributed by atoms with Crippen molar-refractivity contribution in [3.05, 3.63) is 23.5 Å². The minimum absolute atomic E-state index is 0.356. The fraction of sp³-hybridized carbons (Fsp3) is 0.286. The Morgan fingerprint density at radius 3 is 3.20 bits per heavy atom. The Bertz CT molecular complexity index is 260. The van der Waals surface area contributed by atoms with E-state index < -0.39 is 0 Å². The minimum atomic E-state index is 0.356. The van der Waals surface area contributed by atoms with Gasteiger partial charge < -0.3 is 10.4 Å². The molecule has 0 aliphatic carbocycles. The van der Waals surface area contributed by atoms with Crippen molar-refractivity contribution in [2.45, 2.75) is 13.1 Å². The van der Waals surface area contributed by atoms with E-state index in [0.717, 1.165) is 24.3 Å². The van der Waals surface area contributed by atoms with Crippen LogP contribution in [0.1, 0.15) is 11.3 Å². The van der Waals surface area contributed by atoms with Crippen molar-refractivity contribution in [1.29, 1.82) is 0 Å². The molecule has 1 aromatic rings. The zero-order valence-corrected chi connectivity index (χ0v) is 5.46. The van der Waals surface area contributed by atoms with Crippen LogP contribution in [0.3, 0.4) is 0 Å². The molecule has 0 fully saturated rings. The average molecular weight is 136 g/mol. The molecule has 0 saturated heterocycles. The van der Waals surface area contributed by atoms with Crippen LogP contribution < -0.4 is 5.32 Å². The number of pyridine rings is 1. The Hall–Kier alpha value is -1.09. The van der Waals surface area contributed by atoms with E-state index in [1.54, 1.807) is 12.3 Å². The molecule has 1 aliphatic rings. The van der Waals surface area contributed by atoms with Crippen LogP contribution >= 0.6 is 0 Å². The molecule has 0 saturated carbocycles. The molecule has 0 bridgehead atoms. The third-order valence-corrected chi connectivity index (χ3v) is 1.71. The molecule has 1 aliphatic heterocycles. The van der Waals surface area contributed by atoms with Gasteiger partial charge >= 0.3 is 0 Å². The average Bonchev–Trinajstić information content (AvgIpc) is 2.36. The van der Waals surface area contributed by atoms with E-state index in [2.05, 4.69) is 10.3 Å². The topological polar surface area (TPSA) is 45.2 Å². The van der Waals surface area contributed by atoms with Crippen LogP contribution in [0.4, 0.5) is 0 Å². The SMILES string of the molecule is Oc1ccnc2c1CNC2. The molecule has 0 spiro atoms. The van der Waals surface area contributed by atoms with Crippen LogP contribution in [0, 0.1) is 0 Å². The summed E-state index contributed by atoms with van der Waals surface area (Å²) in [5.41, 5.74) is 1.92. The molecule has 2 rings (SSSR count). The zero-order chi connectivity index (χ0) is 6.97. The van der Waals surface area contributed by atoms with E-state index in [-0.39, 0.29) is 0 Å². The summed E-state index contributed by atoms with van der Waals surface area (Å²) in [5.74, 6) is 0.356. The maximum absolute atomic E-state index is 9.25. The summed E-state index contributed by atoms with van der Waals surface area (Å²) in [6.07, 6.45) is 1.63. The highest BCUT2D eigenvalue weighted by Gasteiger charge is 2.13. The lowest BCUT2D eigenvalue weighted by atomic mass is 10.2. The number of nitrogens with one attached hydrogen (secondary N) is 1. The van der Waals surface area contributed by atoms with Gasteiger partial charge in [-0.1, -0.05) is 0 Å². The molecule has 0 unspecified atom stereocenters. The molecule has 0 atom stereocenters. The Labute approximate surface area is 58.7 Å². The monoisotopic (exact) mass is 136 g/mol. The normalized spacial score (nSPS) is 15.2. The summed E-state index contributed by atoms with van der Waals surface area (Å²) in [7, 11) is 0. The largest absolute Gasteiger partial charge is 0.507 e. The summed E-state index contributed by atoms with van der Waals surface area (Å²) < 4.78 is 0. The molecule has 0 amide bonds. The summed E-state index contributed by atoms with van der Waals surface area (Å²) in [5, 5.41) is 12.4. The van der Waals surface area contributed by atoms with Crippen LogP contribution in [0.15, 0.2) is 12.3 Å². The van der Waals surface area contributed by atoms with Crippen molar-refractivity contribution < 1.29 is 5.11 Å². The van der Waals surface area contributed by atoms with Crippen LogP contribution in [0.5, 0.6) is 5.75 Å². The highest BCUT2D eigenvalue weighted by molar-refractivity contribution is 5.36. The first-order valence-electron chi connectivity index (χ1n) is 3.24. The molecule has 3 heteroatoms. The van der Waals surface area contributed by atoms with Crippen LogP contribution in [-0.4, -0.2) is 10.1 Å². The molecule has 10 heavy (non-hydrogen) atoms. The van der Waals surface area contributed by atoms with Gasteiger partial charge in [0.25, 0.3) is 0 Å². The predicted octanol–water partition coefficient (Wildman–Crippen LogP) is 0.390. The molecule has 52 valence electrons. The summed E-state index contributed by atoms with van der Waals surface area (Å²) in [6.45, 7) is 1.53. The maximum Gasteiger partial charge on any atom is 0.123 e. The van der Waals surface area contributed by atoms with E-state index in [4.69, 9.17) is 0 Å². The van der Waals surface area contributed by atoms with Gasteiger partial charge in [-0.2, -0.15) is 0 Å². The van der Waals surface area contributed by atoms with E-state index in [9.17, 15) is 5.11 Å². The van der Waals surface area contributed by atoms with Crippen molar-refractivity contribution in [2.24, 2.45) is 0 Å². The fourth-order valence-electron chi connectivity index (χ4n) is 1.18. The number of rotatable bonds is 0. The van der Waals surface area contributed by atoms with Gasteiger partial charge in [-0.05, 0) is 6.07 Å². The van der Waals surface area contributed by atoms with Gasteiger partial charge in [0.15, 0.2) is 0 Å². The number of nitrogens with zero attached hydrogens (tertiary/aromatic N) is 1. The number of aromatic nitrogens is 1. The summed E-state index contributed by atoms with van der Waals surface area (Å²) >= 11 is 0. The molecular formula is C7H8N2O. The lowest BCUT2D eigenvalue weighted by Gasteiger charge is -1.97. The molecule has 1 aromatic heterocycles. The van der Waals surface area contributed by atoms with E-state index >= 15 is 0 Å². The predicted molar refractivity (Wildman–Crippen MR) is 36.4 cm³/mol. The third-order valence-electron chi connectivity index (χ3n) is 1.71. The van der Waals surface area contributed by atoms with Crippen molar-refractivity contribution >= 4 is 0 Å². The van der Waals surface area contributed by atoms with E-state index in [0.29, 0.717) is 5.75 Å². The minimum Gasteiger partial charge on any atom is -0.507 e. The second kappa shape index (κ2) is 1.95. The first-order valence-corrected chi connectivity index (χ1v) is 3.24. The van der Waals surface area contributed by atoms with E-state index in [1.807, 2.05) is 0 Å². The second-order valence-electron chi connectivity index (χ2n) is 2.36. The smallest absolute Gasteiger partial charge is 0.123 e. The fourth-order valence-corrected chi connectivity index (χ4v) is 1.18. The highest BCUT2D eigenvalue weighted by Crippen LogP contribution is 2.21. The quantitative estimate of drug-likeness (QED) is 0.542. The van der Waals surface area contributed by atoms with Crippen molar-refractivity contribution in [3.8, 4) is 5.75 Å². The number of hydrogen-bond acceptors (Lipinski definition) is 3. The Kier molecular flexibility index (Phi) is 1.11. The molecule has 0 aromatic carbocycles. The standard InChI is InChI=1S/C7H8N2O/c10-7-1-2-9-6-4-8-3-5(6)7/h1-2,8H,3-4H2,(H,9,10). The number of hydrogen-bond donors (Lipinski definition) is 2. The first-order chi connectivity index (χ1) is 4.88. The van der Waals surface area contributed by atoms with Crippen LogP contribution in [0.25, 0.3) is 0 Å². The van der Waals surface area contributed by atoms with Gasteiger partial charge in [0.1, 0.15) is 5.75 Å². The molecule has 2 heterocycles. The lowest BCUT2D eigenvalue weighted by molar-refractivity contribution is 0.467. The van der Waals surface area contributed by atoms with Gasteiger partial charge in [-0.15, -0.1) is 0 Å². The Morgan fingerprint density at radius 2 is 2.40 bits per heavy atom. The Balaban J connectivity index is 2.59. The van der Waals surface area contributed by atoms with Crippen molar-refractivity contribution in [1.82, 2.24) is 10.3 Å². The summed E-state index contributed by atoms with van der Waals surface area (Å²) in [4.78, 5) is 4.10. The van der Waals surface area contributed by atoms with Crippen molar-refractivity contribution in [3.63, 3.8) is 0 Å². The first kappa shape index (κ1) is 5.68. The lowest BCUT2D eigenvalue weighted by Crippen LogP contribution is -2.00. The number of aromatic hydroxyl groups is 1. The van der Waals surface area contributed by atoms with Gasteiger partial charge in [0.05, 0.1) is 5.69 Å². The van der Waals surface area contributed by atoms with Crippen LogP contribution in [-0.2, 0) is 13.1 Å². The third kappa shape index (κ3) is 0.675. The van der Waals surface area contributed by atoms with Crippen LogP contribution in [0.2, 0.25) is 0 Å². The molecular weight excluding hydrogens is 128 g/mol.